The molecule has 21 heavy (non-hydrogen) atoms. The number of aromatic nitrogens is 2. The number of hydrogen-bond acceptors (Lipinski definition) is 2. The van der Waals surface area contributed by atoms with Crippen LogP contribution in [0.5, 0.6) is 0 Å². The first kappa shape index (κ1) is 13.8. The second-order valence-corrected chi connectivity index (χ2v) is 5.32. The van der Waals surface area contributed by atoms with Crippen LogP contribution in [-0.2, 0) is 0 Å². The van der Waals surface area contributed by atoms with Crippen LogP contribution < -0.4 is 0 Å². The summed E-state index contributed by atoms with van der Waals surface area (Å²) in [7, 11) is 0. The van der Waals surface area contributed by atoms with Crippen molar-refractivity contribution in [3.63, 3.8) is 0 Å². The molecule has 0 bridgehead atoms. The molecular formula is C17H15ClN2O. The Labute approximate surface area is 128 Å². The Morgan fingerprint density at radius 3 is 2.86 bits per heavy atom. The zero-order valence-corrected chi connectivity index (χ0v) is 12.7. The number of fused-ring (bicyclic) bond motifs is 1. The number of pyridine rings is 1. The summed E-state index contributed by atoms with van der Waals surface area (Å²) in [6, 6.07) is 9.98. The van der Waals surface area contributed by atoms with Crippen molar-refractivity contribution in [3.8, 4) is 5.69 Å². The smallest absolute Gasteiger partial charge is 0.179 e. The van der Waals surface area contributed by atoms with E-state index in [1.807, 2.05) is 44.3 Å². The highest BCUT2D eigenvalue weighted by Gasteiger charge is 2.16. The third-order valence-corrected chi connectivity index (χ3v) is 3.99. The number of carbonyl (C=O) groups is 1. The van der Waals surface area contributed by atoms with Crippen LogP contribution in [0.2, 0.25) is 0 Å². The number of ketones is 1. The Balaban J connectivity index is 2.29. The average Bonchev–Trinajstić information content (AvgIpc) is 2.81. The molecule has 3 rings (SSSR count). The van der Waals surface area contributed by atoms with E-state index in [1.165, 1.54) is 0 Å². The molecule has 0 aliphatic rings. The number of aryl methyl sites for hydroxylation is 1. The van der Waals surface area contributed by atoms with E-state index in [4.69, 9.17) is 11.6 Å². The number of Topliss-reactive ketones (excluding diaryl/α,β-unsaturated/α-hetero) is 1. The molecule has 0 fully saturated rings. The SMILES string of the molecule is Cc1cc(C(=O)CCl)c(C)n1-c1cccc2cnccc12. The Kier molecular flexibility index (Phi) is 3.52. The van der Waals surface area contributed by atoms with Gasteiger partial charge in [-0.3, -0.25) is 9.78 Å². The van der Waals surface area contributed by atoms with Crippen molar-refractivity contribution in [1.29, 1.82) is 0 Å². The minimum Gasteiger partial charge on any atom is -0.317 e. The lowest BCUT2D eigenvalue weighted by molar-refractivity contribution is 0.102. The second-order valence-electron chi connectivity index (χ2n) is 5.05. The van der Waals surface area contributed by atoms with Crippen LogP contribution in [0.15, 0.2) is 42.7 Å². The highest BCUT2D eigenvalue weighted by Crippen LogP contribution is 2.27. The number of nitrogens with zero attached hydrogens (tertiary/aromatic N) is 2. The summed E-state index contributed by atoms with van der Waals surface area (Å²) < 4.78 is 2.10. The van der Waals surface area contributed by atoms with Gasteiger partial charge in [0.1, 0.15) is 0 Å². The minimum absolute atomic E-state index is 0.00372. The van der Waals surface area contributed by atoms with E-state index in [-0.39, 0.29) is 11.7 Å². The number of halogens is 1. The Morgan fingerprint density at radius 2 is 2.10 bits per heavy atom. The summed E-state index contributed by atoms with van der Waals surface area (Å²) in [4.78, 5) is 16.1. The van der Waals surface area contributed by atoms with Gasteiger partial charge in [-0.1, -0.05) is 12.1 Å². The maximum atomic E-state index is 11.9. The van der Waals surface area contributed by atoms with Crippen molar-refractivity contribution < 1.29 is 4.79 Å². The molecule has 0 saturated heterocycles. The molecule has 0 radical (unpaired) electrons. The van der Waals surface area contributed by atoms with Gasteiger partial charge >= 0.3 is 0 Å². The Bertz CT molecular complexity index is 831. The average molecular weight is 299 g/mol. The first-order valence-electron chi connectivity index (χ1n) is 6.74. The standard InChI is InChI=1S/C17H15ClN2O/c1-11-8-15(17(21)9-18)12(2)20(11)16-5-3-4-13-10-19-7-6-14(13)16/h3-8,10H,9H2,1-2H3. The summed E-state index contributed by atoms with van der Waals surface area (Å²) in [6.45, 7) is 3.95. The van der Waals surface area contributed by atoms with Crippen LogP contribution in [-0.4, -0.2) is 21.2 Å². The van der Waals surface area contributed by atoms with Crippen LogP contribution >= 0.6 is 11.6 Å². The van der Waals surface area contributed by atoms with E-state index >= 15 is 0 Å². The topological polar surface area (TPSA) is 34.9 Å². The Hall–Kier alpha value is -2.13. The zero-order valence-electron chi connectivity index (χ0n) is 11.9. The van der Waals surface area contributed by atoms with Crippen LogP contribution in [0, 0.1) is 13.8 Å². The van der Waals surface area contributed by atoms with E-state index < -0.39 is 0 Å². The number of carbonyl (C=O) groups excluding carboxylic acids is 1. The molecule has 2 aromatic heterocycles. The zero-order chi connectivity index (χ0) is 15.0. The van der Waals surface area contributed by atoms with Crippen LogP contribution in [0.1, 0.15) is 21.7 Å². The Morgan fingerprint density at radius 1 is 1.29 bits per heavy atom. The lowest BCUT2D eigenvalue weighted by Gasteiger charge is -2.12. The highest BCUT2D eigenvalue weighted by atomic mass is 35.5. The molecule has 0 aliphatic heterocycles. The van der Waals surface area contributed by atoms with Crippen molar-refractivity contribution in [1.82, 2.24) is 9.55 Å². The fourth-order valence-electron chi connectivity index (χ4n) is 2.79. The maximum absolute atomic E-state index is 11.9. The van der Waals surface area contributed by atoms with Gasteiger partial charge in [0.25, 0.3) is 0 Å². The molecule has 4 heteroatoms. The van der Waals surface area contributed by atoms with Gasteiger partial charge in [-0.15, -0.1) is 11.6 Å². The first-order valence-corrected chi connectivity index (χ1v) is 7.28. The number of benzene rings is 1. The summed E-state index contributed by atoms with van der Waals surface area (Å²) in [5, 5.41) is 2.19. The number of hydrogen-bond donors (Lipinski definition) is 0. The molecule has 0 atom stereocenters. The summed E-state index contributed by atoms with van der Waals surface area (Å²) in [5.41, 5.74) is 3.68. The van der Waals surface area contributed by atoms with Crippen molar-refractivity contribution in [2.75, 3.05) is 5.88 Å². The molecule has 106 valence electrons. The monoisotopic (exact) mass is 298 g/mol. The lowest BCUT2D eigenvalue weighted by Crippen LogP contribution is -2.04. The van der Waals surface area contributed by atoms with Gasteiger partial charge in [-0.2, -0.15) is 0 Å². The molecule has 0 N–H and O–H groups in total. The van der Waals surface area contributed by atoms with Crippen molar-refractivity contribution in [2.24, 2.45) is 0 Å². The predicted molar refractivity (Wildman–Crippen MR) is 85.6 cm³/mol. The van der Waals surface area contributed by atoms with Gasteiger partial charge < -0.3 is 4.57 Å². The van der Waals surface area contributed by atoms with Crippen molar-refractivity contribution in [2.45, 2.75) is 13.8 Å². The largest absolute Gasteiger partial charge is 0.317 e. The summed E-state index contributed by atoms with van der Waals surface area (Å²) in [5.74, 6) is -0.0399. The highest BCUT2D eigenvalue weighted by molar-refractivity contribution is 6.30. The molecule has 1 aromatic carbocycles. The van der Waals surface area contributed by atoms with Gasteiger partial charge in [0.05, 0.1) is 11.6 Å². The third-order valence-electron chi connectivity index (χ3n) is 3.75. The molecule has 2 heterocycles. The van der Waals surface area contributed by atoms with Gasteiger partial charge in [-0.25, -0.2) is 0 Å². The molecule has 0 aliphatic carbocycles. The molecule has 3 nitrogen and oxygen atoms in total. The van der Waals surface area contributed by atoms with Crippen molar-refractivity contribution in [3.05, 3.63) is 59.7 Å². The predicted octanol–water partition coefficient (Wildman–Crippen LogP) is 4.06. The molecule has 0 spiro atoms. The van der Waals surface area contributed by atoms with Crippen LogP contribution in [0.25, 0.3) is 16.5 Å². The molecular weight excluding hydrogens is 284 g/mol. The summed E-state index contributed by atoms with van der Waals surface area (Å²) in [6.07, 6.45) is 3.63. The quantitative estimate of drug-likeness (QED) is 0.540. The van der Waals surface area contributed by atoms with E-state index in [9.17, 15) is 4.79 Å². The number of alkyl halides is 1. The van der Waals surface area contributed by atoms with Gasteiger partial charge in [-0.05, 0) is 32.0 Å². The van der Waals surface area contributed by atoms with Crippen LogP contribution in [0.4, 0.5) is 0 Å². The molecule has 3 aromatic rings. The minimum atomic E-state index is -0.0436. The van der Waals surface area contributed by atoms with Gasteiger partial charge in [0, 0.05) is 40.1 Å². The van der Waals surface area contributed by atoms with Gasteiger partial charge in [0.2, 0.25) is 0 Å². The second kappa shape index (κ2) is 5.34. The lowest BCUT2D eigenvalue weighted by atomic mass is 10.1. The fourth-order valence-corrected chi connectivity index (χ4v) is 2.93. The van der Waals surface area contributed by atoms with Crippen LogP contribution in [0.3, 0.4) is 0 Å². The molecule has 0 amide bonds. The molecule has 0 unspecified atom stereocenters. The normalized spacial score (nSPS) is 11.0. The number of rotatable bonds is 3. The fraction of sp³-hybridized carbons (Fsp3) is 0.176. The third kappa shape index (κ3) is 2.24. The first-order chi connectivity index (χ1) is 10.1. The molecule has 0 saturated carbocycles. The van der Waals surface area contributed by atoms with E-state index in [2.05, 4.69) is 15.6 Å². The van der Waals surface area contributed by atoms with E-state index in [0.717, 1.165) is 27.8 Å². The maximum Gasteiger partial charge on any atom is 0.179 e. The van der Waals surface area contributed by atoms with E-state index in [0.29, 0.717) is 5.56 Å². The van der Waals surface area contributed by atoms with Crippen molar-refractivity contribution >= 4 is 28.2 Å². The van der Waals surface area contributed by atoms with Gasteiger partial charge in [0.15, 0.2) is 5.78 Å². The van der Waals surface area contributed by atoms with E-state index in [1.54, 1.807) is 6.20 Å². The summed E-state index contributed by atoms with van der Waals surface area (Å²) >= 11 is 5.69.